The predicted octanol–water partition coefficient (Wildman–Crippen LogP) is 5.40. The van der Waals surface area contributed by atoms with Crippen molar-refractivity contribution in [3.63, 3.8) is 0 Å². The Hall–Kier alpha value is -2.09. The molecule has 0 bridgehead atoms. The van der Waals surface area contributed by atoms with E-state index in [0.717, 1.165) is 30.0 Å². The molecule has 0 amide bonds. The van der Waals surface area contributed by atoms with E-state index in [2.05, 4.69) is 11.9 Å². The van der Waals surface area contributed by atoms with Crippen LogP contribution in [0.4, 0.5) is 5.69 Å². The van der Waals surface area contributed by atoms with Gasteiger partial charge in [0.05, 0.1) is 12.3 Å². The first-order valence-corrected chi connectivity index (χ1v) is 7.70. The number of hydrogen-bond donors (Lipinski definition) is 0. The average molecular weight is 281 g/mol. The van der Waals surface area contributed by atoms with Crippen molar-refractivity contribution in [3.8, 4) is 5.75 Å². The molecule has 0 radical (unpaired) electrons. The average Bonchev–Trinajstić information content (AvgIpc) is 2.55. The fourth-order valence-electron chi connectivity index (χ4n) is 2.03. The highest BCUT2D eigenvalue weighted by atomic mass is 16.5. The zero-order valence-corrected chi connectivity index (χ0v) is 12.7. The Morgan fingerprint density at radius 1 is 0.905 bits per heavy atom. The van der Waals surface area contributed by atoms with Gasteiger partial charge in [-0.25, -0.2) is 0 Å². The largest absolute Gasteiger partial charge is 0.494 e. The van der Waals surface area contributed by atoms with Crippen molar-refractivity contribution in [2.75, 3.05) is 6.61 Å². The lowest BCUT2D eigenvalue weighted by Crippen LogP contribution is -1.97. The molecule has 0 aliphatic heterocycles. The smallest absolute Gasteiger partial charge is 0.119 e. The fourth-order valence-corrected chi connectivity index (χ4v) is 2.03. The molecule has 0 saturated carbocycles. The van der Waals surface area contributed by atoms with E-state index >= 15 is 0 Å². The highest BCUT2D eigenvalue weighted by Crippen LogP contribution is 2.14. The zero-order chi connectivity index (χ0) is 14.8. The molecular formula is C19H23NO. The molecule has 2 rings (SSSR count). The van der Waals surface area contributed by atoms with Crippen LogP contribution < -0.4 is 4.74 Å². The Labute approximate surface area is 127 Å². The normalized spacial score (nSPS) is 10.9. The molecule has 0 spiro atoms. The Morgan fingerprint density at radius 3 is 2.38 bits per heavy atom. The summed E-state index contributed by atoms with van der Waals surface area (Å²) in [5.41, 5.74) is 2.05. The van der Waals surface area contributed by atoms with Crippen LogP contribution in [0.15, 0.2) is 59.6 Å². The summed E-state index contributed by atoms with van der Waals surface area (Å²) < 4.78 is 5.73. The molecule has 0 aliphatic rings. The van der Waals surface area contributed by atoms with Gasteiger partial charge in [-0.3, -0.25) is 4.99 Å². The third-order valence-electron chi connectivity index (χ3n) is 3.27. The minimum Gasteiger partial charge on any atom is -0.494 e. The second kappa shape index (κ2) is 8.96. The van der Waals surface area contributed by atoms with Crippen molar-refractivity contribution >= 4 is 11.9 Å². The summed E-state index contributed by atoms with van der Waals surface area (Å²) in [4.78, 5) is 4.44. The molecule has 2 aromatic carbocycles. The summed E-state index contributed by atoms with van der Waals surface area (Å²) in [6.45, 7) is 3.02. The van der Waals surface area contributed by atoms with Gasteiger partial charge >= 0.3 is 0 Å². The molecule has 0 aromatic heterocycles. The molecule has 0 saturated heterocycles. The molecule has 2 aromatic rings. The monoisotopic (exact) mass is 281 g/mol. The van der Waals surface area contributed by atoms with Crippen LogP contribution >= 0.6 is 0 Å². The van der Waals surface area contributed by atoms with E-state index in [-0.39, 0.29) is 0 Å². The van der Waals surface area contributed by atoms with Crippen molar-refractivity contribution in [3.05, 3.63) is 60.2 Å². The summed E-state index contributed by atoms with van der Waals surface area (Å²) in [5, 5.41) is 0. The van der Waals surface area contributed by atoms with Crippen LogP contribution in [0.25, 0.3) is 0 Å². The molecule has 0 atom stereocenters. The first kappa shape index (κ1) is 15.3. The maximum Gasteiger partial charge on any atom is 0.119 e. The van der Waals surface area contributed by atoms with Gasteiger partial charge in [0.15, 0.2) is 0 Å². The van der Waals surface area contributed by atoms with E-state index in [9.17, 15) is 0 Å². The molecule has 110 valence electrons. The van der Waals surface area contributed by atoms with Crippen LogP contribution in [0.2, 0.25) is 0 Å². The first-order chi connectivity index (χ1) is 10.4. The van der Waals surface area contributed by atoms with Gasteiger partial charge in [0, 0.05) is 6.21 Å². The second-order valence-corrected chi connectivity index (χ2v) is 5.07. The number of unbranched alkanes of at least 4 members (excludes halogenated alkanes) is 3. The van der Waals surface area contributed by atoms with Gasteiger partial charge in [0.1, 0.15) is 5.75 Å². The predicted molar refractivity (Wildman–Crippen MR) is 89.8 cm³/mol. The van der Waals surface area contributed by atoms with Crippen molar-refractivity contribution in [2.45, 2.75) is 32.6 Å². The molecule has 0 heterocycles. The number of rotatable bonds is 8. The van der Waals surface area contributed by atoms with Crippen LogP contribution in [0, 0.1) is 0 Å². The second-order valence-electron chi connectivity index (χ2n) is 5.07. The summed E-state index contributed by atoms with van der Waals surface area (Å²) in [7, 11) is 0. The van der Waals surface area contributed by atoms with Crippen LogP contribution in [0.1, 0.15) is 38.2 Å². The summed E-state index contributed by atoms with van der Waals surface area (Å²) in [6, 6.07) is 18.0. The van der Waals surface area contributed by atoms with Gasteiger partial charge in [-0.05, 0) is 48.4 Å². The van der Waals surface area contributed by atoms with E-state index in [1.165, 1.54) is 19.3 Å². The number of para-hydroxylation sites is 1. The van der Waals surface area contributed by atoms with Gasteiger partial charge in [0.2, 0.25) is 0 Å². The van der Waals surface area contributed by atoms with Crippen LogP contribution in [0.5, 0.6) is 5.75 Å². The molecule has 2 nitrogen and oxygen atoms in total. The number of benzene rings is 2. The van der Waals surface area contributed by atoms with Gasteiger partial charge in [-0.2, -0.15) is 0 Å². The lowest BCUT2D eigenvalue weighted by atomic mass is 10.2. The van der Waals surface area contributed by atoms with E-state index in [0.29, 0.717) is 0 Å². The third kappa shape index (κ3) is 5.82. The van der Waals surface area contributed by atoms with Crippen molar-refractivity contribution < 1.29 is 4.74 Å². The molecule has 0 N–H and O–H groups in total. The first-order valence-electron chi connectivity index (χ1n) is 7.70. The fraction of sp³-hybridized carbons (Fsp3) is 0.316. The SMILES string of the molecule is CCCCCCOc1ccc(/C=N\c2ccccc2)cc1. The quantitative estimate of drug-likeness (QED) is 0.469. The number of nitrogens with zero attached hydrogens (tertiary/aromatic N) is 1. The number of aliphatic imine (C=N–C) groups is 1. The highest BCUT2D eigenvalue weighted by molar-refractivity contribution is 5.82. The standard InChI is InChI=1S/C19H23NO/c1-2-3-4-8-15-21-19-13-11-17(12-14-19)16-20-18-9-6-5-7-10-18/h5-7,9-14,16H,2-4,8,15H2,1H3/b20-16-. The maximum atomic E-state index is 5.73. The van der Waals surface area contributed by atoms with Crippen molar-refractivity contribution in [2.24, 2.45) is 4.99 Å². The van der Waals surface area contributed by atoms with Crippen LogP contribution in [-0.4, -0.2) is 12.8 Å². The number of hydrogen-bond acceptors (Lipinski definition) is 2. The van der Waals surface area contributed by atoms with Crippen molar-refractivity contribution in [1.82, 2.24) is 0 Å². The minimum absolute atomic E-state index is 0.803. The van der Waals surface area contributed by atoms with E-state index in [1.807, 2.05) is 60.8 Å². The van der Waals surface area contributed by atoms with Gasteiger partial charge in [-0.15, -0.1) is 0 Å². The Kier molecular flexibility index (Phi) is 6.53. The molecule has 2 heteroatoms. The molecule has 0 aliphatic carbocycles. The lowest BCUT2D eigenvalue weighted by Gasteiger charge is -2.05. The van der Waals surface area contributed by atoms with Gasteiger partial charge < -0.3 is 4.74 Å². The highest BCUT2D eigenvalue weighted by Gasteiger charge is 1.94. The molecule has 0 unspecified atom stereocenters. The Balaban J connectivity index is 1.80. The zero-order valence-electron chi connectivity index (χ0n) is 12.7. The summed E-state index contributed by atoms with van der Waals surface area (Å²) >= 11 is 0. The lowest BCUT2D eigenvalue weighted by molar-refractivity contribution is 0.305. The van der Waals surface area contributed by atoms with Crippen LogP contribution in [0.3, 0.4) is 0 Å². The van der Waals surface area contributed by atoms with Gasteiger partial charge in [-0.1, -0.05) is 44.4 Å². The Morgan fingerprint density at radius 2 is 1.67 bits per heavy atom. The number of ether oxygens (including phenoxy) is 1. The maximum absolute atomic E-state index is 5.73. The summed E-state index contributed by atoms with van der Waals surface area (Å²) in [6.07, 6.45) is 6.80. The molecule has 21 heavy (non-hydrogen) atoms. The molecular weight excluding hydrogens is 258 g/mol. The van der Waals surface area contributed by atoms with E-state index < -0.39 is 0 Å². The molecule has 0 fully saturated rings. The van der Waals surface area contributed by atoms with Crippen LogP contribution in [-0.2, 0) is 0 Å². The minimum atomic E-state index is 0.803. The third-order valence-corrected chi connectivity index (χ3v) is 3.27. The van der Waals surface area contributed by atoms with E-state index in [4.69, 9.17) is 4.74 Å². The van der Waals surface area contributed by atoms with E-state index in [1.54, 1.807) is 0 Å². The Bertz CT molecular complexity index is 531. The summed E-state index contributed by atoms with van der Waals surface area (Å²) in [5.74, 6) is 0.934. The topological polar surface area (TPSA) is 21.6 Å². The van der Waals surface area contributed by atoms with Gasteiger partial charge in [0.25, 0.3) is 0 Å². The van der Waals surface area contributed by atoms with Crippen molar-refractivity contribution in [1.29, 1.82) is 0 Å².